The Kier molecular flexibility index (Phi) is 1.63. The van der Waals surface area contributed by atoms with E-state index >= 15 is 0 Å². The Balaban J connectivity index is 2.58. The summed E-state index contributed by atoms with van der Waals surface area (Å²) in [7, 11) is 5.26. The Morgan fingerprint density at radius 1 is 1.78 bits per heavy atom. The van der Waals surface area contributed by atoms with Gasteiger partial charge in [0.15, 0.2) is 0 Å². The first-order valence-corrected chi connectivity index (χ1v) is 2.63. The van der Waals surface area contributed by atoms with E-state index in [4.69, 9.17) is 7.85 Å². The minimum Gasteiger partial charge on any atom is -0.368 e. The lowest BCUT2D eigenvalue weighted by Gasteiger charge is -1.98. The minimum atomic E-state index is 0.453. The summed E-state index contributed by atoms with van der Waals surface area (Å²) in [6, 6.07) is 1.87. The van der Waals surface area contributed by atoms with E-state index in [1.807, 2.05) is 12.3 Å². The Bertz CT molecular complexity index is 191. The molecule has 2 N–H and O–H groups in total. The standard InChI is InChI=1S/C6H7BN2/c1-5(7)9-6-2-3-8-4-6/h2-4,8-9H,1H2. The molecule has 0 saturated carbocycles. The molecule has 0 aliphatic carbocycles. The molecule has 0 unspecified atom stereocenters. The number of hydrogen-bond donors (Lipinski definition) is 2. The largest absolute Gasteiger partial charge is 0.368 e. The second-order valence-corrected chi connectivity index (χ2v) is 1.75. The summed E-state index contributed by atoms with van der Waals surface area (Å²) in [5.41, 5.74) is 1.39. The Morgan fingerprint density at radius 2 is 2.56 bits per heavy atom. The zero-order chi connectivity index (χ0) is 6.69. The Morgan fingerprint density at radius 3 is 3.00 bits per heavy atom. The normalized spacial score (nSPS) is 8.89. The lowest BCUT2D eigenvalue weighted by molar-refractivity contribution is 1.41. The molecule has 2 radical (unpaired) electrons. The Labute approximate surface area is 55.4 Å². The average Bonchev–Trinajstić information content (AvgIpc) is 2.15. The van der Waals surface area contributed by atoms with Gasteiger partial charge >= 0.3 is 0 Å². The van der Waals surface area contributed by atoms with Gasteiger partial charge in [-0.15, -0.1) is 0 Å². The third-order valence-corrected chi connectivity index (χ3v) is 0.903. The van der Waals surface area contributed by atoms with Crippen LogP contribution >= 0.6 is 0 Å². The van der Waals surface area contributed by atoms with Crippen LogP contribution in [0.4, 0.5) is 5.69 Å². The van der Waals surface area contributed by atoms with E-state index in [1.54, 1.807) is 6.20 Å². The van der Waals surface area contributed by atoms with E-state index in [2.05, 4.69) is 16.9 Å². The van der Waals surface area contributed by atoms with Crippen LogP contribution < -0.4 is 5.32 Å². The van der Waals surface area contributed by atoms with Crippen LogP contribution in [-0.2, 0) is 0 Å². The van der Waals surface area contributed by atoms with Gasteiger partial charge in [-0.1, -0.05) is 6.58 Å². The van der Waals surface area contributed by atoms with Crippen molar-refractivity contribution in [2.24, 2.45) is 0 Å². The van der Waals surface area contributed by atoms with Crippen molar-refractivity contribution in [2.75, 3.05) is 5.32 Å². The van der Waals surface area contributed by atoms with Gasteiger partial charge in [0.1, 0.15) is 7.85 Å². The highest BCUT2D eigenvalue weighted by Gasteiger charge is 1.86. The molecule has 0 amide bonds. The molecule has 1 rings (SSSR count). The molecular weight excluding hydrogens is 111 g/mol. The van der Waals surface area contributed by atoms with Gasteiger partial charge in [0.05, 0.1) is 5.69 Å². The maximum atomic E-state index is 5.26. The second-order valence-electron chi connectivity index (χ2n) is 1.75. The third-order valence-electron chi connectivity index (χ3n) is 0.903. The molecule has 2 nitrogen and oxygen atoms in total. The molecule has 0 fully saturated rings. The first-order valence-electron chi connectivity index (χ1n) is 2.63. The number of aromatic amines is 1. The van der Waals surface area contributed by atoms with Crippen LogP contribution in [0.5, 0.6) is 0 Å². The van der Waals surface area contributed by atoms with Gasteiger partial charge in [-0.25, -0.2) is 0 Å². The average molecular weight is 118 g/mol. The first-order chi connectivity index (χ1) is 4.29. The third kappa shape index (κ3) is 1.68. The maximum absolute atomic E-state index is 5.26. The number of hydrogen-bond acceptors (Lipinski definition) is 1. The van der Waals surface area contributed by atoms with Crippen LogP contribution in [0.2, 0.25) is 0 Å². The predicted octanol–water partition coefficient (Wildman–Crippen LogP) is 1.07. The van der Waals surface area contributed by atoms with Crippen molar-refractivity contribution in [1.29, 1.82) is 0 Å². The van der Waals surface area contributed by atoms with Gasteiger partial charge in [0, 0.05) is 12.4 Å². The molecule has 0 bridgehead atoms. The smallest absolute Gasteiger partial charge is 0.137 e. The molecule has 0 aromatic carbocycles. The first kappa shape index (κ1) is 6.01. The van der Waals surface area contributed by atoms with Crippen LogP contribution in [0.15, 0.2) is 30.6 Å². The number of nitrogens with one attached hydrogen (secondary N) is 2. The topological polar surface area (TPSA) is 27.8 Å². The van der Waals surface area contributed by atoms with Crippen molar-refractivity contribution in [3.63, 3.8) is 0 Å². The summed E-state index contributed by atoms with van der Waals surface area (Å²) in [4.78, 5) is 2.88. The molecule has 3 heteroatoms. The predicted molar refractivity (Wildman–Crippen MR) is 39.3 cm³/mol. The van der Waals surface area contributed by atoms with Gasteiger partial charge in [-0.3, -0.25) is 0 Å². The van der Waals surface area contributed by atoms with Crippen LogP contribution in [0.1, 0.15) is 0 Å². The monoisotopic (exact) mass is 118 g/mol. The van der Waals surface area contributed by atoms with E-state index in [0.29, 0.717) is 5.60 Å². The van der Waals surface area contributed by atoms with Crippen LogP contribution in [0, 0.1) is 0 Å². The van der Waals surface area contributed by atoms with Crippen LogP contribution in [0.25, 0.3) is 0 Å². The van der Waals surface area contributed by atoms with Crippen molar-refractivity contribution >= 4 is 13.5 Å². The fourth-order valence-electron chi connectivity index (χ4n) is 0.587. The molecular formula is C6H7BN2. The molecule has 0 atom stereocenters. The summed E-state index contributed by atoms with van der Waals surface area (Å²) in [5, 5.41) is 2.84. The highest BCUT2D eigenvalue weighted by atomic mass is 14.9. The SMILES string of the molecule is [B]C(=C)Nc1cc[nH]c1. The summed E-state index contributed by atoms with van der Waals surface area (Å²) in [6.45, 7) is 3.48. The Hall–Kier alpha value is -1.12. The van der Waals surface area contributed by atoms with Crippen molar-refractivity contribution in [1.82, 2.24) is 4.98 Å². The molecule has 0 aliphatic rings. The van der Waals surface area contributed by atoms with Crippen molar-refractivity contribution < 1.29 is 0 Å². The number of rotatable bonds is 2. The minimum absolute atomic E-state index is 0.453. The van der Waals surface area contributed by atoms with Gasteiger partial charge < -0.3 is 10.3 Å². The maximum Gasteiger partial charge on any atom is 0.137 e. The summed E-state index contributed by atoms with van der Waals surface area (Å²) in [5.74, 6) is 0. The lowest BCUT2D eigenvalue weighted by atomic mass is 10.1. The zero-order valence-electron chi connectivity index (χ0n) is 5.02. The molecule has 0 saturated heterocycles. The van der Waals surface area contributed by atoms with E-state index in [9.17, 15) is 0 Å². The summed E-state index contributed by atoms with van der Waals surface area (Å²) < 4.78 is 0. The quantitative estimate of drug-likeness (QED) is 0.558. The van der Waals surface area contributed by atoms with Crippen LogP contribution in [0.3, 0.4) is 0 Å². The van der Waals surface area contributed by atoms with Gasteiger partial charge in [-0.2, -0.15) is 0 Å². The van der Waals surface area contributed by atoms with E-state index in [0.717, 1.165) is 5.69 Å². The van der Waals surface area contributed by atoms with Gasteiger partial charge in [0.25, 0.3) is 0 Å². The molecule has 9 heavy (non-hydrogen) atoms. The number of anilines is 1. The molecule has 0 spiro atoms. The highest BCUT2D eigenvalue weighted by molar-refractivity contribution is 6.22. The number of H-pyrrole nitrogens is 1. The van der Waals surface area contributed by atoms with E-state index in [1.165, 1.54) is 0 Å². The highest BCUT2D eigenvalue weighted by Crippen LogP contribution is 2.04. The lowest BCUT2D eigenvalue weighted by Crippen LogP contribution is -1.94. The van der Waals surface area contributed by atoms with Crippen molar-refractivity contribution in [2.45, 2.75) is 0 Å². The summed E-state index contributed by atoms with van der Waals surface area (Å²) in [6.07, 6.45) is 3.61. The molecule has 1 aromatic heterocycles. The fraction of sp³-hybridized carbons (Fsp3) is 0. The molecule has 1 heterocycles. The second kappa shape index (κ2) is 2.44. The molecule has 1 aromatic rings. The molecule has 0 aliphatic heterocycles. The summed E-state index contributed by atoms with van der Waals surface area (Å²) >= 11 is 0. The zero-order valence-corrected chi connectivity index (χ0v) is 5.02. The van der Waals surface area contributed by atoms with Crippen molar-refractivity contribution in [3.8, 4) is 0 Å². The van der Waals surface area contributed by atoms with E-state index < -0.39 is 0 Å². The van der Waals surface area contributed by atoms with Gasteiger partial charge in [0.2, 0.25) is 0 Å². The van der Waals surface area contributed by atoms with Crippen LogP contribution in [-0.4, -0.2) is 12.8 Å². The molecule has 44 valence electrons. The fourth-order valence-corrected chi connectivity index (χ4v) is 0.587. The van der Waals surface area contributed by atoms with Gasteiger partial charge in [-0.05, 0) is 11.7 Å². The number of aromatic nitrogens is 1. The van der Waals surface area contributed by atoms with E-state index in [-0.39, 0.29) is 0 Å². The van der Waals surface area contributed by atoms with Crippen molar-refractivity contribution in [3.05, 3.63) is 30.6 Å².